The van der Waals surface area contributed by atoms with Gasteiger partial charge >= 0.3 is 0 Å². The van der Waals surface area contributed by atoms with E-state index in [0.29, 0.717) is 18.5 Å². The zero-order valence-corrected chi connectivity index (χ0v) is 13.6. The van der Waals surface area contributed by atoms with Crippen molar-refractivity contribution < 1.29 is 9.18 Å². The molecule has 7 heteroatoms. The van der Waals surface area contributed by atoms with Crippen LogP contribution in [0, 0.1) is 5.82 Å². The number of carbonyl (C=O) groups excluding carboxylic acids is 1. The number of hydrogen-bond acceptors (Lipinski definition) is 6. The number of nitrogens with zero attached hydrogens (tertiary/aromatic N) is 2. The Morgan fingerprint density at radius 1 is 1.36 bits per heavy atom. The van der Waals surface area contributed by atoms with Crippen LogP contribution in [0.2, 0.25) is 0 Å². The van der Waals surface area contributed by atoms with Gasteiger partial charge in [0.1, 0.15) is 5.82 Å². The SMILES string of the molecule is C=CCNc1nnc(SCCCC(=O)c2ccc(F)cc2)s1. The molecule has 0 aliphatic carbocycles. The van der Waals surface area contributed by atoms with Crippen LogP contribution < -0.4 is 5.32 Å². The number of rotatable bonds is 9. The van der Waals surface area contributed by atoms with Crippen LogP contribution in [-0.4, -0.2) is 28.3 Å². The number of halogens is 1. The Morgan fingerprint density at radius 2 is 2.14 bits per heavy atom. The minimum Gasteiger partial charge on any atom is -0.357 e. The van der Waals surface area contributed by atoms with E-state index in [1.54, 1.807) is 17.8 Å². The highest BCUT2D eigenvalue weighted by molar-refractivity contribution is 8.01. The second kappa shape index (κ2) is 8.65. The first-order chi connectivity index (χ1) is 10.7. The number of benzene rings is 1. The van der Waals surface area contributed by atoms with Gasteiger partial charge in [-0.15, -0.1) is 16.8 Å². The van der Waals surface area contributed by atoms with Gasteiger partial charge in [-0.25, -0.2) is 4.39 Å². The molecule has 0 fully saturated rings. The molecule has 0 spiro atoms. The van der Waals surface area contributed by atoms with Gasteiger partial charge < -0.3 is 5.32 Å². The molecule has 116 valence electrons. The van der Waals surface area contributed by atoms with Crippen LogP contribution in [0.4, 0.5) is 9.52 Å². The molecule has 1 N–H and O–H groups in total. The Morgan fingerprint density at radius 3 is 2.86 bits per heavy atom. The zero-order chi connectivity index (χ0) is 15.8. The first kappa shape index (κ1) is 16.6. The van der Waals surface area contributed by atoms with E-state index >= 15 is 0 Å². The molecule has 4 nitrogen and oxygen atoms in total. The van der Waals surface area contributed by atoms with Crippen molar-refractivity contribution in [2.75, 3.05) is 17.6 Å². The fraction of sp³-hybridized carbons (Fsp3) is 0.267. The van der Waals surface area contributed by atoms with Gasteiger partial charge in [0.2, 0.25) is 5.13 Å². The summed E-state index contributed by atoms with van der Waals surface area (Å²) in [6.07, 6.45) is 2.95. The lowest BCUT2D eigenvalue weighted by Gasteiger charge is -2.00. The topological polar surface area (TPSA) is 54.9 Å². The maximum absolute atomic E-state index is 12.8. The molecule has 0 bridgehead atoms. The van der Waals surface area contributed by atoms with Crippen molar-refractivity contribution >= 4 is 34.0 Å². The van der Waals surface area contributed by atoms with Crippen LogP contribution in [0.15, 0.2) is 41.3 Å². The smallest absolute Gasteiger partial charge is 0.206 e. The summed E-state index contributed by atoms with van der Waals surface area (Å²) in [5.74, 6) is 0.499. The molecule has 0 aliphatic heterocycles. The number of thioether (sulfide) groups is 1. The van der Waals surface area contributed by atoms with E-state index in [1.807, 2.05) is 0 Å². The molecule has 0 amide bonds. The number of Topliss-reactive ketones (excluding diaryl/α,β-unsaturated/α-hetero) is 1. The third kappa shape index (κ3) is 5.23. The summed E-state index contributed by atoms with van der Waals surface area (Å²) in [7, 11) is 0. The summed E-state index contributed by atoms with van der Waals surface area (Å²) < 4.78 is 13.7. The monoisotopic (exact) mass is 337 g/mol. The largest absolute Gasteiger partial charge is 0.357 e. The number of nitrogens with one attached hydrogen (secondary N) is 1. The van der Waals surface area contributed by atoms with E-state index < -0.39 is 0 Å². The van der Waals surface area contributed by atoms with E-state index in [4.69, 9.17) is 0 Å². The molecule has 0 aliphatic rings. The zero-order valence-electron chi connectivity index (χ0n) is 11.9. The predicted octanol–water partition coefficient (Wildman–Crippen LogP) is 4.03. The molecule has 2 rings (SSSR count). The van der Waals surface area contributed by atoms with Crippen LogP contribution >= 0.6 is 23.1 Å². The Balaban J connectivity index is 1.70. The van der Waals surface area contributed by atoms with Crippen LogP contribution in [0.1, 0.15) is 23.2 Å². The summed E-state index contributed by atoms with van der Waals surface area (Å²) in [6.45, 7) is 4.28. The first-order valence-electron chi connectivity index (χ1n) is 6.79. The van der Waals surface area contributed by atoms with Gasteiger partial charge in [-0.1, -0.05) is 29.2 Å². The van der Waals surface area contributed by atoms with Crippen LogP contribution in [0.5, 0.6) is 0 Å². The number of hydrogen-bond donors (Lipinski definition) is 1. The summed E-state index contributed by atoms with van der Waals surface area (Å²) in [5, 5.41) is 11.9. The van der Waals surface area contributed by atoms with E-state index in [9.17, 15) is 9.18 Å². The fourth-order valence-electron chi connectivity index (χ4n) is 1.67. The lowest BCUT2D eigenvalue weighted by molar-refractivity contribution is 0.0982. The summed E-state index contributed by atoms with van der Waals surface area (Å²) in [4.78, 5) is 11.9. The molecule has 0 saturated carbocycles. The fourth-order valence-corrected chi connectivity index (χ4v) is 3.44. The Hall–Kier alpha value is -1.73. The molecule has 1 aromatic heterocycles. The summed E-state index contributed by atoms with van der Waals surface area (Å²) in [5.41, 5.74) is 0.554. The Kier molecular flexibility index (Phi) is 6.54. The van der Waals surface area contributed by atoms with Crippen molar-refractivity contribution in [1.29, 1.82) is 0 Å². The van der Waals surface area contributed by atoms with Gasteiger partial charge in [0, 0.05) is 24.3 Å². The quantitative estimate of drug-likeness (QED) is 0.324. The number of anilines is 1. The minimum atomic E-state index is -0.329. The number of aromatic nitrogens is 2. The van der Waals surface area contributed by atoms with Crippen molar-refractivity contribution in [3.05, 3.63) is 48.3 Å². The molecular weight excluding hydrogens is 321 g/mol. The third-order valence-electron chi connectivity index (χ3n) is 2.74. The van der Waals surface area contributed by atoms with E-state index in [-0.39, 0.29) is 11.6 Å². The van der Waals surface area contributed by atoms with Crippen LogP contribution in [-0.2, 0) is 0 Å². The van der Waals surface area contributed by atoms with Crippen molar-refractivity contribution in [3.63, 3.8) is 0 Å². The lowest BCUT2D eigenvalue weighted by atomic mass is 10.1. The lowest BCUT2D eigenvalue weighted by Crippen LogP contribution is -1.99. The van der Waals surface area contributed by atoms with Gasteiger partial charge in [0.15, 0.2) is 10.1 Å². The molecule has 1 heterocycles. The Bertz CT molecular complexity index is 628. The number of ketones is 1. The molecule has 0 atom stereocenters. The second-order valence-corrected chi connectivity index (χ2v) is 6.74. The summed E-state index contributed by atoms with van der Waals surface area (Å²) in [6, 6.07) is 5.65. The van der Waals surface area contributed by atoms with Crippen LogP contribution in [0.3, 0.4) is 0 Å². The van der Waals surface area contributed by atoms with Gasteiger partial charge in [0.25, 0.3) is 0 Å². The highest BCUT2D eigenvalue weighted by Gasteiger charge is 2.07. The second-order valence-electron chi connectivity index (χ2n) is 4.42. The van der Waals surface area contributed by atoms with Gasteiger partial charge in [-0.2, -0.15) is 0 Å². The Labute approximate surface area is 136 Å². The van der Waals surface area contributed by atoms with E-state index in [2.05, 4.69) is 22.1 Å². The molecule has 1 aromatic carbocycles. The van der Waals surface area contributed by atoms with Gasteiger partial charge in [0.05, 0.1) is 0 Å². The average Bonchev–Trinajstić information content (AvgIpc) is 2.98. The third-order valence-corrected chi connectivity index (χ3v) is 4.84. The van der Waals surface area contributed by atoms with E-state index in [1.165, 1.54) is 35.6 Å². The van der Waals surface area contributed by atoms with Crippen molar-refractivity contribution in [2.24, 2.45) is 0 Å². The molecule has 0 unspecified atom stereocenters. The van der Waals surface area contributed by atoms with Crippen molar-refractivity contribution in [2.45, 2.75) is 17.2 Å². The van der Waals surface area contributed by atoms with Gasteiger partial charge in [-0.05, 0) is 30.7 Å². The van der Waals surface area contributed by atoms with Crippen molar-refractivity contribution in [1.82, 2.24) is 10.2 Å². The molecule has 2 aromatic rings. The van der Waals surface area contributed by atoms with E-state index in [0.717, 1.165) is 21.6 Å². The number of carbonyl (C=O) groups is 1. The highest BCUT2D eigenvalue weighted by atomic mass is 32.2. The molecule has 0 radical (unpaired) electrons. The van der Waals surface area contributed by atoms with Crippen LogP contribution in [0.25, 0.3) is 0 Å². The average molecular weight is 337 g/mol. The molecule has 0 saturated heterocycles. The van der Waals surface area contributed by atoms with Gasteiger partial charge in [-0.3, -0.25) is 4.79 Å². The predicted molar refractivity (Wildman–Crippen MR) is 89.3 cm³/mol. The highest BCUT2D eigenvalue weighted by Crippen LogP contribution is 2.26. The van der Waals surface area contributed by atoms with Crippen molar-refractivity contribution in [3.8, 4) is 0 Å². The maximum Gasteiger partial charge on any atom is 0.206 e. The first-order valence-corrected chi connectivity index (χ1v) is 8.59. The standard InChI is InChI=1S/C15H16FN3OS2/c1-2-9-17-14-18-19-15(22-14)21-10-3-4-13(20)11-5-7-12(16)8-6-11/h2,5-8H,1,3-4,9-10H2,(H,17,18). The summed E-state index contributed by atoms with van der Waals surface area (Å²) >= 11 is 3.07. The molecule has 22 heavy (non-hydrogen) atoms. The minimum absolute atomic E-state index is 0.0335. The normalized spacial score (nSPS) is 10.4. The molecular formula is C15H16FN3OS2. The maximum atomic E-state index is 12.8.